The molecule has 112 valence electrons. The van der Waals surface area contributed by atoms with Crippen molar-refractivity contribution in [3.8, 4) is 5.75 Å². The van der Waals surface area contributed by atoms with E-state index in [9.17, 15) is 4.79 Å². The highest BCUT2D eigenvalue weighted by Crippen LogP contribution is 2.16. The third-order valence-corrected chi connectivity index (χ3v) is 4.03. The number of nitrogens with one attached hydrogen (secondary N) is 1. The third-order valence-electron chi connectivity index (χ3n) is 2.43. The summed E-state index contributed by atoms with van der Waals surface area (Å²) in [5.74, 6) is 2.57. The summed E-state index contributed by atoms with van der Waals surface area (Å²) in [7, 11) is 0. The van der Waals surface area contributed by atoms with E-state index in [0.29, 0.717) is 19.6 Å². The Morgan fingerprint density at radius 2 is 2.05 bits per heavy atom. The van der Waals surface area contributed by atoms with Crippen LogP contribution in [0.3, 0.4) is 0 Å². The molecule has 6 heteroatoms. The van der Waals surface area contributed by atoms with Crippen molar-refractivity contribution in [3.63, 3.8) is 0 Å². The van der Waals surface area contributed by atoms with Crippen LogP contribution in [-0.4, -0.2) is 42.3 Å². The molecule has 2 N–H and O–H groups in total. The molecule has 1 aromatic rings. The maximum absolute atomic E-state index is 11.5. The molecule has 20 heavy (non-hydrogen) atoms. The van der Waals surface area contributed by atoms with Crippen molar-refractivity contribution in [1.82, 2.24) is 5.32 Å². The molecule has 1 aromatic carbocycles. The van der Waals surface area contributed by atoms with Crippen molar-refractivity contribution in [2.75, 3.05) is 31.3 Å². The molecular formula is C14H20BrNO3S. The number of halogens is 1. The summed E-state index contributed by atoms with van der Waals surface area (Å²) in [5.41, 5.74) is 0. The number of ether oxygens (including phenoxy) is 1. The van der Waals surface area contributed by atoms with Gasteiger partial charge in [0.05, 0.1) is 13.0 Å². The Morgan fingerprint density at radius 1 is 1.30 bits per heavy atom. The van der Waals surface area contributed by atoms with E-state index in [-0.39, 0.29) is 12.5 Å². The van der Waals surface area contributed by atoms with Crippen molar-refractivity contribution < 1.29 is 14.6 Å². The number of carbonyl (C=O) groups is 1. The van der Waals surface area contributed by atoms with Gasteiger partial charge in [0.1, 0.15) is 5.75 Å². The highest BCUT2D eigenvalue weighted by atomic mass is 79.9. The predicted octanol–water partition coefficient (Wildman–Crippen LogP) is 2.45. The summed E-state index contributed by atoms with van der Waals surface area (Å²) in [6.45, 7) is 1.27. The van der Waals surface area contributed by atoms with Crippen LogP contribution in [-0.2, 0) is 4.79 Å². The first-order valence-electron chi connectivity index (χ1n) is 6.56. The van der Waals surface area contributed by atoms with E-state index in [0.717, 1.165) is 28.1 Å². The fraction of sp³-hybridized carbons (Fsp3) is 0.500. The van der Waals surface area contributed by atoms with Gasteiger partial charge in [0, 0.05) is 23.4 Å². The molecule has 0 atom stereocenters. The fourth-order valence-corrected chi connectivity index (χ4v) is 2.46. The van der Waals surface area contributed by atoms with Crippen LogP contribution in [0.25, 0.3) is 0 Å². The highest BCUT2D eigenvalue weighted by molar-refractivity contribution is 9.10. The van der Waals surface area contributed by atoms with Gasteiger partial charge >= 0.3 is 0 Å². The smallest absolute Gasteiger partial charge is 0.223 e. The fourth-order valence-electron chi connectivity index (χ4n) is 1.41. The molecule has 0 aromatic heterocycles. The largest absolute Gasteiger partial charge is 0.493 e. The van der Waals surface area contributed by atoms with E-state index in [1.165, 1.54) is 0 Å². The second-order valence-corrected chi connectivity index (χ2v) is 6.23. The molecule has 0 aliphatic rings. The van der Waals surface area contributed by atoms with Gasteiger partial charge in [-0.25, -0.2) is 0 Å². The lowest BCUT2D eigenvalue weighted by Gasteiger charge is -2.07. The lowest BCUT2D eigenvalue weighted by molar-refractivity contribution is -0.121. The van der Waals surface area contributed by atoms with Crippen molar-refractivity contribution in [2.45, 2.75) is 12.8 Å². The summed E-state index contributed by atoms with van der Waals surface area (Å²) in [5, 5.41) is 11.5. The molecule has 0 fully saturated rings. The number of hydrogen-bond acceptors (Lipinski definition) is 4. The van der Waals surface area contributed by atoms with Gasteiger partial charge in [-0.05, 0) is 36.4 Å². The number of thioether (sulfide) groups is 1. The van der Waals surface area contributed by atoms with Gasteiger partial charge in [-0.3, -0.25) is 4.79 Å². The van der Waals surface area contributed by atoms with Crippen LogP contribution in [0.5, 0.6) is 5.75 Å². The third kappa shape index (κ3) is 8.45. The topological polar surface area (TPSA) is 58.6 Å². The van der Waals surface area contributed by atoms with Crippen molar-refractivity contribution >= 4 is 33.6 Å². The molecule has 0 saturated carbocycles. The first-order valence-corrected chi connectivity index (χ1v) is 8.51. The first-order chi connectivity index (χ1) is 9.72. The number of carbonyl (C=O) groups excluding carboxylic acids is 1. The number of aliphatic hydroxyl groups is 1. The molecule has 0 saturated heterocycles. The van der Waals surface area contributed by atoms with Crippen LogP contribution in [0.4, 0.5) is 0 Å². The van der Waals surface area contributed by atoms with E-state index in [4.69, 9.17) is 9.84 Å². The minimum Gasteiger partial charge on any atom is -0.493 e. The highest BCUT2D eigenvalue weighted by Gasteiger charge is 2.01. The SMILES string of the molecule is O=C(CCOc1ccc(Br)cc1)NCCSCCCO. The number of amides is 1. The van der Waals surface area contributed by atoms with Crippen LogP contribution >= 0.6 is 27.7 Å². The maximum Gasteiger partial charge on any atom is 0.223 e. The quantitative estimate of drug-likeness (QED) is 0.628. The van der Waals surface area contributed by atoms with Crippen LogP contribution in [0.15, 0.2) is 28.7 Å². The first kappa shape index (κ1) is 17.3. The maximum atomic E-state index is 11.5. The number of benzene rings is 1. The predicted molar refractivity (Wildman–Crippen MR) is 86.3 cm³/mol. The number of hydrogen-bond donors (Lipinski definition) is 2. The lowest BCUT2D eigenvalue weighted by atomic mass is 10.3. The molecule has 0 bridgehead atoms. The molecule has 0 aliphatic carbocycles. The number of rotatable bonds is 10. The Balaban J connectivity index is 2.01. The van der Waals surface area contributed by atoms with Crippen molar-refractivity contribution in [1.29, 1.82) is 0 Å². The van der Waals surface area contributed by atoms with Crippen LogP contribution < -0.4 is 10.1 Å². The summed E-state index contributed by atoms with van der Waals surface area (Å²) < 4.78 is 6.48. The van der Waals surface area contributed by atoms with Gasteiger partial charge in [-0.15, -0.1) is 0 Å². The van der Waals surface area contributed by atoms with Gasteiger partial charge in [0.15, 0.2) is 0 Å². The minimum absolute atomic E-state index is 0.00451. The number of aliphatic hydroxyl groups excluding tert-OH is 1. The molecule has 0 aliphatic heterocycles. The summed E-state index contributed by atoms with van der Waals surface area (Å²) in [6, 6.07) is 7.53. The summed E-state index contributed by atoms with van der Waals surface area (Å²) in [6.07, 6.45) is 1.16. The Hall–Kier alpha value is -0.720. The van der Waals surface area contributed by atoms with Gasteiger partial charge in [0.2, 0.25) is 5.91 Å². The Labute approximate surface area is 132 Å². The van der Waals surface area contributed by atoms with E-state index in [2.05, 4.69) is 21.2 Å². The van der Waals surface area contributed by atoms with Gasteiger partial charge in [-0.2, -0.15) is 11.8 Å². The Kier molecular flexibility index (Phi) is 9.53. The average Bonchev–Trinajstić information content (AvgIpc) is 2.45. The Bertz CT molecular complexity index is 387. The van der Waals surface area contributed by atoms with E-state index >= 15 is 0 Å². The average molecular weight is 362 g/mol. The van der Waals surface area contributed by atoms with Gasteiger partial charge < -0.3 is 15.2 Å². The van der Waals surface area contributed by atoms with Crippen molar-refractivity contribution in [2.24, 2.45) is 0 Å². The van der Waals surface area contributed by atoms with Gasteiger partial charge in [0.25, 0.3) is 0 Å². The molecule has 1 rings (SSSR count). The van der Waals surface area contributed by atoms with Gasteiger partial charge in [-0.1, -0.05) is 15.9 Å². The van der Waals surface area contributed by atoms with E-state index in [1.807, 2.05) is 24.3 Å². The lowest BCUT2D eigenvalue weighted by Crippen LogP contribution is -2.27. The standard InChI is InChI=1S/C14H20BrNO3S/c15-12-2-4-13(5-3-12)19-9-6-14(18)16-7-11-20-10-1-8-17/h2-5,17H,1,6-11H2,(H,16,18). The zero-order chi connectivity index (χ0) is 14.6. The van der Waals surface area contributed by atoms with E-state index < -0.39 is 0 Å². The molecule has 0 spiro atoms. The normalized spacial score (nSPS) is 10.3. The summed E-state index contributed by atoms with van der Waals surface area (Å²) >= 11 is 5.08. The second-order valence-electron chi connectivity index (χ2n) is 4.09. The van der Waals surface area contributed by atoms with Crippen LogP contribution in [0.1, 0.15) is 12.8 Å². The second kappa shape index (κ2) is 11.0. The molecular weight excluding hydrogens is 342 g/mol. The van der Waals surface area contributed by atoms with Crippen LogP contribution in [0, 0.1) is 0 Å². The molecule has 0 unspecified atom stereocenters. The zero-order valence-corrected chi connectivity index (χ0v) is 13.7. The van der Waals surface area contributed by atoms with Crippen LogP contribution in [0.2, 0.25) is 0 Å². The molecule has 1 amide bonds. The van der Waals surface area contributed by atoms with E-state index in [1.54, 1.807) is 11.8 Å². The minimum atomic E-state index is 0.00451. The van der Waals surface area contributed by atoms with Crippen molar-refractivity contribution in [3.05, 3.63) is 28.7 Å². The summed E-state index contributed by atoms with van der Waals surface area (Å²) in [4.78, 5) is 11.5. The zero-order valence-electron chi connectivity index (χ0n) is 11.3. The molecule has 0 heterocycles. The monoisotopic (exact) mass is 361 g/mol. The molecule has 4 nitrogen and oxygen atoms in total. The molecule has 0 radical (unpaired) electrons. The Morgan fingerprint density at radius 3 is 2.75 bits per heavy atom.